The Balaban J connectivity index is 3.67. The van der Waals surface area contributed by atoms with Gasteiger partial charge in [0.25, 0.3) is 0 Å². The van der Waals surface area contributed by atoms with Crippen molar-refractivity contribution in [1.82, 2.24) is 5.32 Å². The minimum Gasteiger partial charge on any atom is -0.379 e. The lowest BCUT2D eigenvalue weighted by Gasteiger charge is -2.24. The van der Waals surface area contributed by atoms with Crippen molar-refractivity contribution in [1.29, 1.82) is 0 Å². The van der Waals surface area contributed by atoms with Gasteiger partial charge in [0.1, 0.15) is 0 Å². The van der Waals surface area contributed by atoms with Gasteiger partial charge in [0, 0.05) is 12.6 Å². The molecule has 0 heterocycles. The van der Waals surface area contributed by atoms with E-state index in [1.165, 1.54) is 12.8 Å². The summed E-state index contributed by atoms with van der Waals surface area (Å²) < 4.78 is 5.58. The highest BCUT2D eigenvalue weighted by atomic mass is 16.5. The third kappa shape index (κ3) is 7.80. The largest absolute Gasteiger partial charge is 0.379 e. The van der Waals surface area contributed by atoms with E-state index < -0.39 is 0 Å². The fourth-order valence-corrected chi connectivity index (χ4v) is 1.77. The average molecular weight is 215 g/mol. The fraction of sp³-hybridized carbons (Fsp3) is 1.00. The molecule has 0 rings (SSSR count). The van der Waals surface area contributed by atoms with E-state index >= 15 is 0 Å². The molecule has 2 atom stereocenters. The van der Waals surface area contributed by atoms with Crippen LogP contribution in [0.2, 0.25) is 0 Å². The van der Waals surface area contributed by atoms with Crippen LogP contribution in [0.3, 0.4) is 0 Å². The zero-order valence-electron chi connectivity index (χ0n) is 11.2. The van der Waals surface area contributed by atoms with Gasteiger partial charge in [-0.3, -0.25) is 0 Å². The fourth-order valence-electron chi connectivity index (χ4n) is 1.77. The van der Waals surface area contributed by atoms with Gasteiger partial charge in [-0.05, 0) is 45.6 Å². The highest BCUT2D eigenvalue weighted by Gasteiger charge is 2.14. The molecule has 15 heavy (non-hydrogen) atoms. The number of hydrogen-bond donors (Lipinski definition) is 1. The minimum atomic E-state index is 0.362. The van der Waals surface area contributed by atoms with Gasteiger partial charge in [0.05, 0.1) is 6.10 Å². The normalized spacial score (nSPS) is 15.6. The van der Waals surface area contributed by atoms with Gasteiger partial charge in [-0.15, -0.1) is 0 Å². The molecule has 0 aromatic carbocycles. The Bertz CT molecular complexity index is 136. The maximum Gasteiger partial charge on any atom is 0.0518 e. The summed E-state index contributed by atoms with van der Waals surface area (Å²) >= 11 is 0. The maximum absolute atomic E-state index is 5.58. The van der Waals surface area contributed by atoms with Crippen LogP contribution in [0.5, 0.6) is 0 Å². The Morgan fingerprint density at radius 3 is 2.27 bits per heavy atom. The van der Waals surface area contributed by atoms with Crippen molar-refractivity contribution in [3.8, 4) is 0 Å². The van der Waals surface area contributed by atoms with Crippen LogP contribution in [0.25, 0.3) is 0 Å². The summed E-state index contributed by atoms with van der Waals surface area (Å²) in [6.45, 7) is 13.0. The molecular formula is C13H29NO. The Hall–Kier alpha value is -0.0800. The van der Waals surface area contributed by atoms with Crippen LogP contribution < -0.4 is 5.32 Å². The van der Waals surface area contributed by atoms with Gasteiger partial charge in [0.15, 0.2) is 0 Å². The molecule has 0 bridgehead atoms. The molecule has 0 amide bonds. The lowest BCUT2D eigenvalue weighted by Crippen LogP contribution is -2.35. The monoisotopic (exact) mass is 215 g/mol. The Morgan fingerprint density at radius 2 is 1.80 bits per heavy atom. The van der Waals surface area contributed by atoms with Crippen LogP contribution in [-0.4, -0.2) is 25.3 Å². The van der Waals surface area contributed by atoms with Crippen LogP contribution in [0.4, 0.5) is 0 Å². The van der Waals surface area contributed by atoms with Crippen LogP contribution in [-0.2, 0) is 4.74 Å². The summed E-state index contributed by atoms with van der Waals surface area (Å²) in [7, 11) is 0. The molecule has 2 heteroatoms. The topological polar surface area (TPSA) is 21.3 Å². The Kier molecular flexibility index (Phi) is 9.12. The lowest BCUT2D eigenvalue weighted by atomic mass is 9.96. The van der Waals surface area contributed by atoms with Crippen LogP contribution >= 0.6 is 0 Å². The second-order valence-electron chi connectivity index (χ2n) is 4.65. The zero-order chi connectivity index (χ0) is 11.7. The second kappa shape index (κ2) is 9.17. The molecule has 2 unspecified atom stereocenters. The van der Waals surface area contributed by atoms with Crippen molar-refractivity contribution in [2.24, 2.45) is 5.92 Å². The zero-order valence-corrected chi connectivity index (χ0v) is 11.2. The Labute approximate surface area is 95.8 Å². The minimum absolute atomic E-state index is 0.362. The first-order valence-electron chi connectivity index (χ1n) is 6.46. The van der Waals surface area contributed by atoms with E-state index in [1.807, 2.05) is 0 Å². The van der Waals surface area contributed by atoms with Crippen molar-refractivity contribution >= 4 is 0 Å². The number of hydrogen-bond acceptors (Lipinski definition) is 2. The second-order valence-corrected chi connectivity index (χ2v) is 4.65. The highest BCUT2D eigenvalue weighted by Crippen LogP contribution is 2.12. The molecule has 2 nitrogen and oxygen atoms in total. The summed E-state index contributed by atoms with van der Waals surface area (Å²) in [5, 5.41) is 3.60. The summed E-state index contributed by atoms with van der Waals surface area (Å²) in [6, 6.07) is 0.653. The molecule has 0 aliphatic heterocycles. The molecular weight excluding hydrogens is 186 g/mol. The molecule has 0 saturated carbocycles. The van der Waals surface area contributed by atoms with Gasteiger partial charge >= 0.3 is 0 Å². The highest BCUT2D eigenvalue weighted by molar-refractivity contribution is 4.71. The first kappa shape index (κ1) is 14.9. The third-order valence-electron chi connectivity index (χ3n) is 2.81. The summed E-state index contributed by atoms with van der Waals surface area (Å²) in [4.78, 5) is 0. The molecule has 0 aromatic rings. The van der Waals surface area contributed by atoms with E-state index in [-0.39, 0.29) is 0 Å². The molecule has 92 valence electrons. The molecule has 0 spiro atoms. The van der Waals surface area contributed by atoms with Gasteiger partial charge < -0.3 is 10.1 Å². The van der Waals surface area contributed by atoms with Gasteiger partial charge in [-0.2, -0.15) is 0 Å². The lowest BCUT2D eigenvalue weighted by molar-refractivity contribution is 0.0661. The third-order valence-corrected chi connectivity index (χ3v) is 2.81. The van der Waals surface area contributed by atoms with Crippen molar-refractivity contribution in [3.05, 3.63) is 0 Å². The predicted octanol–water partition coefficient (Wildman–Crippen LogP) is 3.22. The molecule has 1 N–H and O–H groups in total. The van der Waals surface area contributed by atoms with Crippen molar-refractivity contribution in [2.45, 2.75) is 66.0 Å². The number of nitrogens with one attached hydrogen (secondary N) is 1. The van der Waals surface area contributed by atoms with E-state index in [1.54, 1.807) is 0 Å². The van der Waals surface area contributed by atoms with Crippen LogP contribution in [0.1, 0.15) is 53.9 Å². The summed E-state index contributed by atoms with van der Waals surface area (Å²) in [5.74, 6) is 0.709. The quantitative estimate of drug-likeness (QED) is 0.637. The number of ether oxygens (including phenoxy) is 1. The van der Waals surface area contributed by atoms with Gasteiger partial charge in [0.2, 0.25) is 0 Å². The van der Waals surface area contributed by atoms with E-state index in [4.69, 9.17) is 4.74 Å². The van der Waals surface area contributed by atoms with Crippen LogP contribution in [0.15, 0.2) is 0 Å². The van der Waals surface area contributed by atoms with Crippen molar-refractivity contribution in [3.63, 3.8) is 0 Å². The average Bonchev–Trinajstić information content (AvgIpc) is 2.18. The smallest absolute Gasteiger partial charge is 0.0518 e. The molecule has 0 aliphatic rings. The molecule has 0 aliphatic carbocycles. The first-order valence-corrected chi connectivity index (χ1v) is 6.46. The van der Waals surface area contributed by atoms with E-state index in [0.29, 0.717) is 18.1 Å². The molecule has 0 fully saturated rings. The van der Waals surface area contributed by atoms with E-state index in [9.17, 15) is 0 Å². The van der Waals surface area contributed by atoms with Crippen molar-refractivity contribution in [2.75, 3.05) is 13.2 Å². The predicted molar refractivity (Wildman–Crippen MR) is 67.2 cm³/mol. The molecule has 0 saturated heterocycles. The van der Waals surface area contributed by atoms with Crippen LogP contribution in [0, 0.1) is 5.92 Å². The van der Waals surface area contributed by atoms with Gasteiger partial charge in [-0.1, -0.05) is 20.8 Å². The Morgan fingerprint density at radius 1 is 1.13 bits per heavy atom. The standard InChI is InChI=1S/C13H29NO/c1-6-9-14-13(7-2)12(5)8-10-15-11(3)4/h11-14H,6-10H2,1-5H3. The number of rotatable bonds is 9. The molecule has 0 radical (unpaired) electrons. The summed E-state index contributed by atoms with van der Waals surface area (Å²) in [5.41, 5.74) is 0. The van der Waals surface area contributed by atoms with Gasteiger partial charge in [-0.25, -0.2) is 0 Å². The SMILES string of the molecule is CCCNC(CC)C(C)CCOC(C)C. The van der Waals surface area contributed by atoms with Crippen molar-refractivity contribution < 1.29 is 4.74 Å². The maximum atomic E-state index is 5.58. The summed E-state index contributed by atoms with van der Waals surface area (Å²) in [6.07, 6.45) is 3.95. The van der Waals surface area contributed by atoms with E-state index in [2.05, 4.69) is 39.9 Å². The first-order chi connectivity index (χ1) is 7.11. The molecule has 0 aromatic heterocycles. The van der Waals surface area contributed by atoms with E-state index in [0.717, 1.165) is 19.6 Å².